The molecule has 1 atom stereocenters. The van der Waals surface area contributed by atoms with Crippen molar-refractivity contribution in [2.75, 3.05) is 7.05 Å². The Hall–Kier alpha value is -2.76. The highest BCUT2D eigenvalue weighted by Gasteiger charge is 2.22. The highest BCUT2D eigenvalue weighted by Crippen LogP contribution is 2.13. The summed E-state index contributed by atoms with van der Waals surface area (Å²) in [4.78, 5) is 31.7. The molecule has 6 heteroatoms. The van der Waals surface area contributed by atoms with Crippen LogP contribution in [0.25, 0.3) is 0 Å². The molecule has 0 saturated carbocycles. The smallest absolute Gasteiger partial charge is 0.272 e. The number of carbonyl (C=O) groups is 2. The maximum Gasteiger partial charge on any atom is 0.272 e. The van der Waals surface area contributed by atoms with Crippen LogP contribution in [-0.4, -0.2) is 28.8 Å². The first-order valence-electron chi connectivity index (χ1n) is 6.06. The van der Waals surface area contributed by atoms with Gasteiger partial charge in [0, 0.05) is 19.4 Å². The van der Waals surface area contributed by atoms with E-state index in [1.54, 1.807) is 24.3 Å². The molecule has 0 fully saturated rings. The van der Waals surface area contributed by atoms with Crippen molar-refractivity contribution >= 4 is 11.8 Å². The number of carbonyl (C=O) groups excluding carboxylic acids is 2. The van der Waals surface area contributed by atoms with Gasteiger partial charge in [-0.15, -0.1) is 0 Å². The van der Waals surface area contributed by atoms with Crippen molar-refractivity contribution in [3.05, 3.63) is 60.2 Å². The Morgan fingerprint density at radius 3 is 2.50 bits per heavy atom. The van der Waals surface area contributed by atoms with Crippen molar-refractivity contribution in [2.24, 2.45) is 0 Å². The van der Waals surface area contributed by atoms with Crippen LogP contribution in [0.4, 0.5) is 0 Å². The Kier molecular flexibility index (Phi) is 4.39. The SMILES string of the molecule is CNC(=O)[C@H](NC(=O)c1cnccn1)c1ccccc1. The predicted octanol–water partition coefficient (Wildman–Crippen LogP) is 0.694. The van der Waals surface area contributed by atoms with E-state index in [0.717, 1.165) is 0 Å². The monoisotopic (exact) mass is 270 g/mol. The lowest BCUT2D eigenvalue weighted by Crippen LogP contribution is -2.39. The minimum atomic E-state index is -0.768. The second kappa shape index (κ2) is 6.42. The Morgan fingerprint density at radius 2 is 1.90 bits per heavy atom. The average molecular weight is 270 g/mol. The van der Waals surface area contributed by atoms with Crippen LogP contribution < -0.4 is 10.6 Å². The maximum absolute atomic E-state index is 12.1. The number of hydrogen-bond acceptors (Lipinski definition) is 4. The zero-order chi connectivity index (χ0) is 14.4. The number of amides is 2. The first-order chi connectivity index (χ1) is 9.72. The molecule has 0 aliphatic carbocycles. The zero-order valence-corrected chi connectivity index (χ0v) is 10.9. The molecule has 0 saturated heterocycles. The van der Waals surface area contributed by atoms with E-state index < -0.39 is 11.9 Å². The van der Waals surface area contributed by atoms with E-state index in [1.807, 2.05) is 6.07 Å². The minimum Gasteiger partial charge on any atom is -0.357 e. The number of nitrogens with zero attached hydrogens (tertiary/aromatic N) is 2. The van der Waals surface area contributed by atoms with E-state index in [1.165, 1.54) is 25.6 Å². The number of nitrogens with one attached hydrogen (secondary N) is 2. The van der Waals surface area contributed by atoms with Crippen LogP contribution >= 0.6 is 0 Å². The van der Waals surface area contributed by atoms with Gasteiger partial charge in [-0.3, -0.25) is 14.6 Å². The summed E-state index contributed by atoms with van der Waals surface area (Å²) in [7, 11) is 1.52. The first kappa shape index (κ1) is 13.7. The van der Waals surface area contributed by atoms with Crippen LogP contribution in [-0.2, 0) is 4.79 Å². The number of benzene rings is 1. The normalized spacial score (nSPS) is 11.4. The van der Waals surface area contributed by atoms with Gasteiger partial charge in [-0.25, -0.2) is 4.98 Å². The van der Waals surface area contributed by atoms with Crippen LogP contribution in [0.3, 0.4) is 0 Å². The average Bonchev–Trinajstić information content (AvgIpc) is 2.53. The lowest BCUT2D eigenvalue weighted by Gasteiger charge is -2.17. The predicted molar refractivity (Wildman–Crippen MR) is 72.7 cm³/mol. The Bertz CT molecular complexity index is 587. The van der Waals surface area contributed by atoms with Crippen LogP contribution in [0.5, 0.6) is 0 Å². The number of rotatable bonds is 4. The van der Waals surface area contributed by atoms with E-state index >= 15 is 0 Å². The van der Waals surface area contributed by atoms with Crippen molar-refractivity contribution in [1.29, 1.82) is 0 Å². The molecule has 1 aromatic carbocycles. The third kappa shape index (κ3) is 3.17. The number of likely N-dealkylation sites (N-methyl/N-ethyl adjacent to an activating group) is 1. The van der Waals surface area contributed by atoms with Gasteiger partial charge in [-0.1, -0.05) is 30.3 Å². The zero-order valence-electron chi connectivity index (χ0n) is 10.9. The second-order valence-corrected chi connectivity index (χ2v) is 4.02. The van der Waals surface area contributed by atoms with Gasteiger partial charge < -0.3 is 10.6 Å². The van der Waals surface area contributed by atoms with Crippen LogP contribution in [0.2, 0.25) is 0 Å². The largest absolute Gasteiger partial charge is 0.357 e. The van der Waals surface area contributed by atoms with Crippen LogP contribution in [0, 0.1) is 0 Å². The summed E-state index contributed by atoms with van der Waals surface area (Å²) in [5.41, 5.74) is 0.862. The molecule has 0 bridgehead atoms. The summed E-state index contributed by atoms with van der Waals surface area (Å²) >= 11 is 0. The molecule has 6 nitrogen and oxygen atoms in total. The van der Waals surface area contributed by atoms with Gasteiger partial charge in [-0.05, 0) is 5.56 Å². The number of aromatic nitrogens is 2. The van der Waals surface area contributed by atoms with Gasteiger partial charge in [0.15, 0.2) is 0 Å². The van der Waals surface area contributed by atoms with Crippen LogP contribution in [0.1, 0.15) is 22.1 Å². The van der Waals surface area contributed by atoms with E-state index in [-0.39, 0.29) is 11.6 Å². The van der Waals surface area contributed by atoms with Crippen molar-refractivity contribution in [3.8, 4) is 0 Å². The molecule has 20 heavy (non-hydrogen) atoms. The third-order valence-electron chi connectivity index (χ3n) is 2.71. The van der Waals surface area contributed by atoms with Gasteiger partial charge in [0.1, 0.15) is 11.7 Å². The summed E-state index contributed by atoms with van der Waals surface area (Å²) in [5.74, 6) is -0.746. The summed E-state index contributed by atoms with van der Waals surface area (Å²) in [6.07, 6.45) is 4.25. The van der Waals surface area contributed by atoms with Gasteiger partial charge in [0.25, 0.3) is 5.91 Å². The maximum atomic E-state index is 12.1. The summed E-state index contributed by atoms with van der Waals surface area (Å²) in [6, 6.07) is 8.23. The molecule has 1 aromatic heterocycles. The molecule has 102 valence electrons. The van der Waals surface area contributed by atoms with Crippen molar-refractivity contribution in [2.45, 2.75) is 6.04 Å². The first-order valence-corrected chi connectivity index (χ1v) is 6.06. The lowest BCUT2D eigenvalue weighted by atomic mass is 10.1. The molecular formula is C14H14N4O2. The molecule has 1 heterocycles. The molecule has 2 aromatic rings. The fourth-order valence-electron chi connectivity index (χ4n) is 1.71. The molecule has 0 radical (unpaired) electrons. The highest BCUT2D eigenvalue weighted by atomic mass is 16.2. The van der Waals surface area contributed by atoms with Crippen molar-refractivity contribution in [3.63, 3.8) is 0 Å². The third-order valence-corrected chi connectivity index (χ3v) is 2.71. The van der Waals surface area contributed by atoms with Gasteiger partial charge in [0.05, 0.1) is 6.20 Å². The Labute approximate surface area is 116 Å². The fourth-order valence-corrected chi connectivity index (χ4v) is 1.71. The molecule has 2 N–H and O–H groups in total. The molecule has 0 spiro atoms. The van der Waals surface area contributed by atoms with E-state index in [4.69, 9.17) is 0 Å². The highest BCUT2D eigenvalue weighted by molar-refractivity contribution is 5.96. The van der Waals surface area contributed by atoms with Gasteiger partial charge in [0.2, 0.25) is 5.91 Å². The summed E-state index contributed by atoms with van der Waals surface area (Å²) < 4.78 is 0. The van der Waals surface area contributed by atoms with E-state index in [0.29, 0.717) is 5.56 Å². The quantitative estimate of drug-likeness (QED) is 0.856. The molecule has 2 amide bonds. The van der Waals surface area contributed by atoms with E-state index in [9.17, 15) is 9.59 Å². The summed E-state index contributed by atoms with van der Waals surface area (Å²) in [6.45, 7) is 0. The molecule has 2 rings (SSSR count). The van der Waals surface area contributed by atoms with Crippen LogP contribution in [0.15, 0.2) is 48.9 Å². The number of hydrogen-bond donors (Lipinski definition) is 2. The molecule has 0 aliphatic heterocycles. The molecule has 0 aliphatic rings. The van der Waals surface area contributed by atoms with Gasteiger partial charge in [-0.2, -0.15) is 0 Å². The second-order valence-electron chi connectivity index (χ2n) is 4.02. The molecule has 0 unspecified atom stereocenters. The summed E-state index contributed by atoms with van der Waals surface area (Å²) in [5, 5.41) is 5.18. The minimum absolute atomic E-state index is 0.164. The van der Waals surface area contributed by atoms with Crippen molar-refractivity contribution in [1.82, 2.24) is 20.6 Å². The molecular weight excluding hydrogens is 256 g/mol. The van der Waals surface area contributed by atoms with E-state index in [2.05, 4.69) is 20.6 Å². The lowest BCUT2D eigenvalue weighted by molar-refractivity contribution is -0.122. The topological polar surface area (TPSA) is 84.0 Å². The van der Waals surface area contributed by atoms with Gasteiger partial charge >= 0.3 is 0 Å². The standard InChI is InChI=1S/C14H14N4O2/c1-15-14(20)12(10-5-3-2-4-6-10)18-13(19)11-9-16-7-8-17-11/h2-9,12H,1H3,(H,15,20)(H,18,19)/t12-/m1/s1. The Balaban J connectivity index is 2.21. The fraction of sp³-hybridized carbons (Fsp3) is 0.143. The van der Waals surface area contributed by atoms with Crippen molar-refractivity contribution < 1.29 is 9.59 Å². The Morgan fingerprint density at radius 1 is 1.15 bits per heavy atom.